The van der Waals surface area contributed by atoms with E-state index < -0.39 is 6.04 Å². The molecule has 0 aromatic heterocycles. The Balaban J connectivity index is 2.19. The van der Waals surface area contributed by atoms with E-state index in [2.05, 4.69) is 19.2 Å². The monoisotopic (exact) mass is 464 g/mol. The van der Waals surface area contributed by atoms with Crippen LogP contribution in [-0.4, -0.2) is 35.4 Å². The summed E-state index contributed by atoms with van der Waals surface area (Å²) in [4.78, 5) is 27.1. The van der Waals surface area contributed by atoms with Crippen LogP contribution in [0.5, 0.6) is 5.75 Å². The number of carbonyl (C=O) groups is 2. The first-order valence-electron chi connectivity index (χ1n) is 10.4. The molecule has 0 heterocycles. The average Bonchev–Trinajstić information content (AvgIpc) is 2.71. The lowest BCUT2D eigenvalue weighted by Crippen LogP contribution is -2.50. The molecule has 7 heteroatoms. The van der Waals surface area contributed by atoms with Crippen molar-refractivity contribution in [3.63, 3.8) is 0 Å². The maximum absolute atomic E-state index is 13.1. The number of carbonyl (C=O) groups excluding carboxylic acids is 2. The number of halogens is 2. The van der Waals surface area contributed by atoms with Crippen molar-refractivity contribution in [2.45, 2.75) is 59.2 Å². The molecule has 0 aliphatic heterocycles. The quantitative estimate of drug-likeness (QED) is 0.537. The second-order valence-corrected chi connectivity index (χ2v) is 8.89. The number of hydrogen-bond donors (Lipinski definition) is 1. The second kappa shape index (κ2) is 11.4. The summed E-state index contributed by atoms with van der Waals surface area (Å²) in [6, 6.07) is 12.0. The van der Waals surface area contributed by atoms with Crippen molar-refractivity contribution in [2.24, 2.45) is 0 Å². The third-order valence-electron chi connectivity index (χ3n) is 4.90. The van der Waals surface area contributed by atoms with Gasteiger partial charge in [-0.2, -0.15) is 0 Å². The Bertz CT molecular complexity index is 878. The molecule has 0 bridgehead atoms. The lowest BCUT2D eigenvalue weighted by molar-refractivity contribution is -0.142. The number of ether oxygens (including phenoxy) is 1. The van der Waals surface area contributed by atoms with Crippen LogP contribution < -0.4 is 10.1 Å². The van der Waals surface area contributed by atoms with E-state index in [-0.39, 0.29) is 31.0 Å². The van der Waals surface area contributed by atoms with E-state index in [9.17, 15) is 9.59 Å². The maximum Gasteiger partial charge on any atom is 0.261 e. The molecule has 0 aliphatic rings. The third kappa shape index (κ3) is 7.15. The van der Waals surface area contributed by atoms with Crippen molar-refractivity contribution < 1.29 is 14.3 Å². The zero-order valence-corrected chi connectivity index (χ0v) is 20.1. The van der Waals surface area contributed by atoms with Crippen molar-refractivity contribution in [3.8, 4) is 5.75 Å². The fourth-order valence-electron chi connectivity index (χ4n) is 3.02. The summed E-state index contributed by atoms with van der Waals surface area (Å²) in [5.74, 6) is 0.405. The zero-order valence-electron chi connectivity index (χ0n) is 18.6. The first-order chi connectivity index (χ1) is 14.6. The summed E-state index contributed by atoms with van der Waals surface area (Å²) in [6.45, 7) is 9.53. The summed E-state index contributed by atoms with van der Waals surface area (Å²) in [5.41, 5.74) is 1.78. The normalized spacial score (nSPS) is 12.0. The lowest BCUT2D eigenvalue weighted by atomic mass is 10.0. The minimum absolute atomic E-state index is 0.0495. The fourth-order valence-corrected chi connectivity index (χ4v) is 3.54. The molecule has 0 fully saturated rings. The smallest absolute Gasteiger partial charge is 0.261 e. The van der Waals surface area contributed by atoms with Crippen molar-refractivity contribution in [1.82, 2.24) is 10.2 Å². The van der Waals surface area contributed by atoms with Gasteiger partial charge in [0.05, 0.1) is 0 Å². The van der Waals surface area contributed by atoms with Crippen LogP contribution in [0, 0.1) is 0 Å². The molecular formula is C24H30Cl2N2O3. The number of amides is 2. The van der Waals surface area contributed by atoms with Gasteiger partial charge in [0.1, 0.15) is 11.8 Å². The van der Waals surface area contributed by atoms with E-state index >= 15 is 0 Å². The summed E-state index contributed by atoms with van der Waals surface area (Å²) in [7, 11) is 0. The first kappa shape index (κ1) is 25.0. The highest BCUT2D eigenvalue weighted by molar-refractivity contribution is 6.36. The van der Waals surface area contributed by atoms with E-state index in [1.807, 2.05) is 38.1 Å². The highest BCUT2D eigenvalue weighted by atomic mass is 35.5. The van der Waals surface area contributed by atoms with Gasteiger partial charge in [-0.05, 0) is 56.5 Å². The first-order valence-corrected chi connectivity index (χ1v) is 11.1. The SMILES string of the molecule is CC(C)NC(=O)[C@@H](C)N(Cc1c(Cl)cccc1Cl)C(=O)COc1ccc(C(C)C)cc1. The van der Waals surface area contributed by atoms with E-state index in [0.717, 1.165) is 0 Å². The zero-order chi connectivity index (χ0) is 23.1. The van der Waals surface area contributed by atoms with E-state index in [4.69, 9.17) is 27.9 Å². The number of hydrogen-bond acceptors (Lipinski definition) is 3. The second-order valence-electron chi connectivity index (χ2n) is 8.07. The van der Waals surface area contributed by atoms with Crippen LogP contribution in [0.1, 0.15) is 51.7 Å². The Labute approximate surface area is 194 Å². The van der Waals surface area contributed by atoms with Gasteiger partial charge in [0, 0.05) is 28.2 Å². The molecule has 2 aromatic carbocycles. The molecule has 2 rings (SSSR count). The molecule has 0 saturated heterocycles. The van der Waals surface area contributed by atoms with Crippen molar-refractivity contribution >= 4 is 35.0 Å². The van der Waals surface area contributed by atoms with Gasteiger partial charge in [-0.15, -0.1) is 0 Å². The van der Waals surface area contributed by atoms with Gasteiger partial charge >= 0.3 is 0 Å². The highest BCUT2D eigenvalue weighted by Gasteiger charge is 2.28. The summed E-state index contributed by atoms with van der Waals surface area (Å²) in [6.07, 6.45) is 0. The fraction of sp³-hybridized carbons (Fsp3) is 0.417. The molecule has 5 nitrogen and oxygen atoms in total. The molecule has 0 unspecified atom stereocenters. The minimum Gasteiger partial charge on any atom is -0.484 e. The molecule has 0 saturated carbocycles. The Hall–Kier alpha value is -2.24. The van der Waals surface area contributed by atoms with Crippen LogP contribution >= 0.6 is 23.2 Å². The van der Waals surface area contributed by atoms with Crippen molar-refractivity contribution in [2.75, 3.05) is 6.61 Å². The van der Waals surface area contributed by atoms with Gasteiger partial charge in [0.2, 0.25) is 5.91 Å². The van der Waals surface area contributed by atoms with Crippen molar-refractivity contribution in [1.29, 1.82) is 0 Å². The molecule has 168 valence electrons. The Morgan fingerprint density at radius 2 is 1.55 bits per heavy atom. The van der Waals surface area contributed by atoms with Crippen LogP contribution in [0.2, 0.25) is 10.0 Å². The van der Waals surface area contributed by atoms with Gasteiger partial charge in [0.25, 0.3) is 5.91 Å². The minimum atomic E-state index is -0.728. The molecule has 31 heavy (non-hydrogen) atoms. The lowest BCUT2D eigenvalue weighted by Gasteiger charge is -2.30. The molecule has 1 N–H and O–H groups in total. The van der Waals surface area contributed by atoms with Crippen LogP contribution in [-0.2, 0) is 16.1 Å². The van der Waals surface area contributed by atoms with Gasteiger partial charge in [0.15, 0.2) is 6.61 Å². The van der Waals surface area contributed by atoms with Crippen LogP contribution in [0.15, 0.2) is 42.5 Å². The van der Waals surface area contributed by atoms with Crippen molar-refractivity contribution in [3.05, 3.63) is 63.6 Å². The number of rotatable bonds is 9. The molecule has 0 spiro atoms. The number of nitrogens with zero attached hydrogens (tertiary/aromatic N) is 1. The predicted octanol–water partition coefficient (Wildman–Crippen LogP) is 5.44. The van der Waals surface area contributed by atoms with Gasteiger partial charge in [-0.1, -0.05) is 55.2 Å². The molecule has 2 aromatic rings. The molecule has 0 aliphatic carbocycles. The molecule has 0 radical (unpaired) electrons. The summed E-state index contributed by atoms with van der Waals surface area (Å²) in [5, 5.41) is 3.72. The van der Waals surface area contributed by atoms with E-state index in [1.54, 1.807) is 25.1 Å². The molecular weight excluding hydrogens is 435 g/mol. The Morgan fingerprint density at radius 3 is 2.06 bits per heavy atom. The maximum atomic E-state index is 13.1. The van der Waals surface area contributed by atoms with Gasteiger partial charge in [-0.25, -0.2) is 0 Å². The third-order valence-corrected chi connectivity index (χ3v) is 5.61. The van der Waals surface area contributed by atoms with Crippen LogP contribution in [0.25, 0.3) is 0 Å². The predicted molar refractivity (Wildman–Crippen MR) is 126 cm³/mol. The Kier molecular flexibility index (Phi) is 9.20. The largest absolute Gasteiger partial charge is 0.484 e. The number of benzene rings is 2. The Morgan fingerprint density at radius 1 is 0.968 bits per heavy atom. The topological polar surface area (TPSA) is 58.6 Å². The highest BCUT2D eigenvalue weighted by Crippen LogP contribution is 2.27. The molecule has 2 amide bonds. The van der Waals surface area contributed by atoms with Crippen LogP contribution in [0.4, 0.5) is 0 Å². The van der Waals surface area contributed by atoms with Gasteiger partial charge < -0.3 is 15.0 Å². The molecule has 1 atom stereocenters. The number of nitrogens with one attached hydrogen (secondary N) is 1. The van der Waals surface area contributed by atoms with Crippen LogP contribution in [0.3, 0.4) is 0 Å². The average molecular weight is 465 g/mol. The van der Waals surface area contributed by atoms with E-state index in [1.165, 1.54) is 10.5 Å². The summed E-state index contributed by atoms with van der Waals surface area (Å²) >= 11 is 12.6. The van der Waals surface area contributed by atoms with Gasteiger partial charge in [-0.3, -0.25) is 9.59 Å². The summed E-state index contributed by atoms with van der Waals surface area (Å²) < 4.78 is 5.70. The van der Waals surface area contributed by atoms with E-state index in [0.29, 0.717) is 27.3 Å². The standard InChI is InChI=1S/C24H30Cl2N2O3/c1-15(2)18-9-11-19(12-10-18)31-14-23(29)28(17(5)24(30)27-16(3)4)13-20-21(25)7-6-8-22(20)26/h6-12,15-17H,13-14H2,1-5H3,(H,27,30)/t17-/m1/s1.